The number of hydrogen-bond donors (Lipinski definition) is 5. The van der Waals surface area contributed by atoms with Crippen molar-refractivity contribution in [3.05, 3.63) is 30.9 Å². The second kappa shape index (κ2) is 28.1. The number of nitrogens with one attached hydrogen (secondary N) is 3. The van der Waals surface area contributed by atoms with Gasteiger partial charge in [0.2, 0.25) is 11.8 Å². The summed E-state index contributed by atoms with van der Waals surface area (Å²) in [5, 5.41) is 20.5. The lowest BCUT2D eigenvalue weighted by Crippen LogP contribution is -2.29. The molecule has 0 aliphatic carbocycles. The third kappa shape index (κ3) is 17.7. The largest absolute Gasteiger partial charge is 0.387 e. The third-order valence-electron chi connectivity index (χ3n) is 8.14. The number of hydrogen-bond acceptors (Lipinski definition) is 16. The molecular formula is C37H57N9O11. The van der Waals surface area contributed by atoms with Crippen LogP contribution in [0.3, 0.4) is 0 Å². The van der Waals surface area contributed by atoms with Crippen LogP contribution < -0.4 is 16.4 Å². The molecule has 4 aromatic heterocycles. The summed E-state index contributed by atoms with van der Waals surface area (Å²) in [6.45, 7) is 7.87. The lowest BCUT2D eigenvalue weighted by molar-refractivity contribution is -0.124. The number of H-pyrrole nitrogens is 1. The zero-order valence-corrected chi connectivity index (χ0v) is 32.5. The zero-order valence-electron chi connectivity index (χ0n) is 32.5. The van der Waals surface area contributed by atoms with Crippen molar-refractivity contribution >= 4 is 39.7 Å². The van der Waals surface area contributed by atoms with Gasteiger partial charge in [0.05, 0.1) is 111 Å². The maximum Gasteiger partial charge on any atom is 0.245 e. The van der Waals surface area contributed by atoms with Crippen LogP contribution >= 0.6 is 0 Å². The number of anilines is 1. The standard InChI is InChI=1S/C37H57N9O11/c38-35-33-34(30-25-29-3-6-41-36(29)42-26-30)45-46(37(33)44-28-43-35)8-2-1-5-39-31(48)4-9-50-11-13-52-15-17-54-19-21-56-23-24-57-22-20-55-18-16-53-14-12-51-10-7-40-32(49)27-47/h3,6,25-26,28,47H,1-2,4-5,7-24,27H2,(H,39,48)(H,40,49)(H,41,42)(H2,38,43,44). The minimum atomic E-state index is -0.525. The third-order valence-corrected chi connectivity index (χ3v) is 8.14. The minimum Gasteiger partial charge on any atom is -0.387 e. The molecule has 4 heterocycles. The lowest BCUT2D eigenvalue weighted by Gasteiger charge is -2.09. The number of nitrogens with zero attached hydrogens (tertiary/aromatic N) is 5. The van der Waals surface area contributed by atoms with Gasteiger partial charge in [-0.15, -0.1) is 0 Å². The maximum atomic E-state index is 12.2. The first-order valence-corrected chi connectivity index (χ1v) is 19.2. The lowest BCUT2D eigenvalue weighted by atomic mass is 10.1. The van der Waals surface area contributed by atoms with E-state index in [0.29, 0.717) is 148 Å². The molecule has 4 aromatic rings. The molecule has 0 bridgehead atoms. The Kier molecular flexibility index (Phi) is 22.3. The Morgan fingerprint density at radius 2 is 1.26 bits per heavy atom. The molecule has 0 fully saturated rings. The van der Waals surface area contributed by atoms with Crippen LogP contribution in [0.2, 0.25) is 0 Å². The summed E-state index contributed by atoms with van der Waals surface area (Å²) in [7, 11) is 0. The van der Waals surface area contributed by atoms with Crippen LogP contribution in [-0.4, -0.2) is 172 Å². The minimum absolute atomic E-state index is 0.0634. The molecule has 20 nitrogen and oxygen atoms in total. The van der Waals surface area contributed by atoms with Crippen LogP contribution in [-0.2, 0) is 54.0 Å². The van der Waals surface area contributed by atoms with Gasteiger partial charge in [0.25, 0.3) is 0 Å². The summed E-state index contributed by atoms with van der Waals surface area (Å²) in [5.74, 6) is -0.123. The number of fused-ring (bicyclic) bond motifs is 2. The smallest absolute Gasteiger partial charge is 0.245 e. The summed E-state index contributed by atoms with van der Waals surface area (Å²) in [5.41, 5.74) is 9.22. The maximum absolute atomic E-state index is 12.2. The van der Waals surface area contributed by atoms with Gasteiger partial charge in [-0.2, -0.15) is 5.10 Å². The number of amides is 2. The highest BCUT2D eigenvalue weighted by Gasteiger charge is 2.18. The SMILES string of the molecule is Nc1ncnc2c1c(-c1cnc3[nH]ccc3c1)nn2CCCCNC(=O)CCOCCOCCOCCOCCOCCOCCOCCOCCNC(=O)CO. The highest BCUT2D eigenvalue weighted by Crippen LogP contribution is 2.31. The van der Waals surface area contributed by atoms with Crippen molar-refractivity contribution in [1.29, 1.82) is 0 Å². The highest BCUT2D eigenvalue weighted by atomic mass is 16.6. The molecule has 6 N–H and O–H groups in total. The van der Waals surface area contributed by atoms with Crippen molar-refractivity contribution in [2.24, 2.45) is 0 Å². The van der Waals surface area contributed by atoms with Crippen molar-refractivity contribution in [3.63, 3.8) is 0 Å². The molecule has 2 amide bonds. The van der Waals surface area contributed by atoms with Gasteiger partial charge in [0.15, 0.2) is 5.65 Å². The zero-order chi connectivity index (χ0) is 40.2. The number of carbonyl (C=O) groups excluding carboxylic acids is 2. The Hall–Kier alpha value is -4.38. The van der Waals surface area contributed by atoms with E-state index < -0.39 is 12.5 Å². The molecule has 0 spiro atoms. The van der Waals surface area contributed by atoms with Gasteiger partial charge < -0.3 is 64.4 Å². The Balaban J connectivity index is 0.871. The number of aromatic amines is 1. The molecule has 0 radical (unpaired) electrons. The van der Waals surface area contributed by atoms with E-state index in [1.807, 2.05) is 23.0 Å². The first-order valence-electron chi connectivity index (χ1n) is 19.2. The van der Waals surface area contributed by atoms with Crippen molar-refractivity contribution in [3.8, 4) is 11.3 Å². The number of ether oxygens (including phenoxy) is 8. The normalized spacial score (nSPS) is 11.5. The first kappa shape index (κ1) is 45.3. The predicted molar refractivity (Wildman–Crippen MR) is 208 cm³/mol. The molecule has 0 aliphatic rings. The summed E-state index contributed by atoms with van der Waals surface area (Å²) in [6, 6.07) is 3.97. The Labute approximate surface area is 331 Å². The Morgan fingerprint density at radius 1 is 0.702 bits per heavy atom. The summed E-state index contributed by atoms with van der Waals surface area (Å²) >= 11 is 0. The van der Waals surface area contributed by atoms with Gasteiger partial charge in [-0.3, -0.25) is 9.59 Å². The van der Waals surface area contributed by atoms with Gasteiger partial charge in [-0.1, -0.05) is 0 Å². The van der Waals surface area contributed by atoms with Crippen molar-refractivity contribution < 1.29 is 52.6 Å². The molecule has 0 saturated carbocycles. The summed E-state index contributed by atoms with van der Waals surface area (Å²) in [6.07, 6.45) is 6.87. The van der Waals surface area contributed by atoms with Crippen molar-refractivity contribution in [1.82, 2.24) is 40.3 Å². The van der Waals surface area contributed by atoms with E-state index in [1.165, 1.54) is 6.33 Å². The van der Waals surface area contributed by atoms with Crippen LogP contribution in [0, 0.1) is 0 Å². The summed E-state index contributed by atoms with van der Waals surface area (Å²) < 4.78 is 45.4. The predicted octanol–water partition coefficient (Wildman–Crippen LogP) is 0.480. The topological polar surface area (TPSA) is 251 Å². The van der Waals surface area contributed by atoms with Gasteiger partial charge in [0, 0.05) is 49.4 Å². The van der Waals surface area contributed by atoms with Gasteiger partial charge in [-0.25, -0.2) is 19.6 Å². The number of nitrogens with two attached hydrogens (primary N) is 1. The monoisotopic (exact) mass is 803 g/mol. The van der Waals surface area contributed by atoms with Crippen LogP contribution in [0.25, 0.3) is 33.3 Å². The number of unbranched alkanes of at least 4 members (excludes halogenated alkanes) is 1. The fourth-order valence-electron chi connectivity index (χ4n) is 5.29. The second-order valence-corrected chi connectivity index (χ2v) is 12.4. The van der Waals surface area contributed by atoms with E-state index in [1.54, 1.807) is 6.20 Å². The Bertz CT molecular complexity index is 1710. The number of aliphatic hydroxyl groups excluding tert-OH is 1. The van der Waals surface area contributed by atoms with E-state index in [9.17, 15) is 9.59 Å². The van der Waals surface area contributed by atoms with E-state index >= 15 is 0 Å². The highest BCUT2D eigenvalue weighted by molar-refractivity contribution is 5.99. The molecule has 4 rings (SSSR count). The average molecular weight is 804 g/mol. The van der Waals surface area contributed by atoms with E-state index in [0.717, 1.165) is 29.4 Å². The van der Waals surface area contributed by atoms with Gasteiger partial charge in [0.1, 0.15) is 30.1 Å². The molecule has 0 aromatic carbocycles. The molecule has 0 unspecified atom stereocenters. The number of aliphatic hydroxyl groups is 1. The quantitative estimate of drug-likeness (QED) is 0.0403. The van der Waals surface area contributed by atoms with Crippen LogP contribution in [0.5, 0.6) is 0 Å². The number of nitrogen functional groups attached to an aromatic ring is 1. The molecule has 316 valence electrons. The van der Waals surface area contributed by atoms with E-state index in [-0.39, 0.29) is 12.3 Å². The number of pyridine rings is 1. The summed E-state index contributed by atoms with van der Waals surface area (Å²) in [4.78, 5) is 39.3. The molecule has 20 heteroatoms. The molecule has 0 atom stereocenters. The number of aromatic nitrogens is 6. The fraction of sp³-hybridized carbons (Fsp3) is 0.622. The Morgan fingerprint density at radius 3 is 1.86 bits per heavy atom. The molecular weight excluding hydrogens is 746 g/mol. The average Bonchev–Trinajstić information content (AvgIpc) is 3.85. The van der Waals surface area contributed by atoms with Crippen LogP contribution in [0.1, 0.15) is 19.3 Å². The van der Waals surface area contributed by atoms with Gasteiger partial charge in [-0.05, 0) is 25.0 Å². The first-order chi connectivity index (χ1) is 28.1. The van der Waals surface area contributed by atoms with Gasteiger partial charge >= 0.3 is 0 Å². The number of aryl methyl sites for hydroxylation is 1. The van der Waals surface area contributed by atoms with Crippen LogP contribution in [0.15, 0.2) is 30.9 Å². The molecule has 57 heavy (non-hydrogen) atoms. The van der Waals surface area contributed by atoms with E-state index in [2.05, 4.69) is 30.6 Å². The van der Waals surface area contributed by atoms with Crippen LogP contribution in [0.4, 0.5) is 5.82 Å². The number of rotatable bonds is 34. The van der Waals surface area contributed by atoms with E-state index in [4.69, 9.17) is 53.8 Å². The molecule has 0 saturated heterocycles. The second-order valence-electron chi connectivity index (χ2n) is 12.4. The van der Waals surface area contributed by atoms with Crippen molar-refractivity contribution in [2.75, 3.05) is 131 Å². The number of carbonyl (C=O) groups is 2. The van der Waals surface area contributed by atoms with Crippen molar-refractivity contribution in [2.45, 2.75) is 25.8 Å². The molecule has 0 aliphatic heterocycles. The fourth-order valence-corrected chi connectivity index (χ4v) is 5.29.